The number of benzene rings is 5. The summed E-state index contributed by atoms with van der Waals surface area (Å²) >= 11 is 0. The first-order valence-corrected chi connectivity index (χ1v) is 12.9. The number of hydrogen-bond donors (Lipinski definition) is 0. The van der Waals surface area contributed by atoms with Gasteiger partial charge in [0.15, 0.2) is 0 Å². The van der Waals surface area contributed by atoms with Gasteiger partial charge < -0.3 is 4.42 Å². The average Bonchev–Trinajstić information content (AvgIpc) is 3.54. The molecule has 0 amide bonds. The fourth-order valence-corrected chi connectivity index (χ4v) is 5.44. The molecule has 0 fully saturated rings. The average molecular weight is 491 g/mol. The molecule has 7 aromatic rings. The molecular weight excluding hydrogens is 464 g/mol. The van der Waals surface area contributed by atoms with Crippen molar-refractivity contribution in [3.8, 4) is 39.3 Å². The molecule has 2 heterocycles. The van der Waals surface area contributed by atoms with Crippen LogP contribution in [0.15, 0.2) is 126 Å². The molecule has 0 spiro atoms. The number of fused-ring (bicyclic) bond motifs is 2. The fraction of sp³-hybridized carbons (Fsp3) is 0.0571. The Morgan fingerprint density at radius 2 is 1.24 bits per heavy atom. The van der Waals surface area contributed by atoms with E-state index in [1.807, 2.05) is 18.4 Å². The number of imidazole rings is 1. The minimum absolute atomic E-state index is 0.861. The van der Waals surface area contributed by atoms with Crippen LogP contribution in [0.3, 0.4) is 0 Å². The predicted molar refractivity (Wildman–Crippen MR) is 157 cm³/mol. The molecule has 182 valence electrons. The van der Waals surface area contributed by atoms with Gasteiger partial charge in [0.1, 0.15) is 17.7 Å². The molecule has 7 rings (SSSR count). The minimum atomic E-state index is 0.861. The van der Waals surface area contributed by atoms with Crippen molar-refractivity contribution in [3.63, 3.8) is 0 Å². The van der Waals surface area contributed by atoms with Crippen molar-refractivity contribution in [2.45, 2.75) is 13.8 Å². The summed E-state index contributed by atoms with van der Waals surface area (Å²) in [4.78, 5) is 5.21. The Morgan fingerprint density at radius 1 is 0.605 bits per heavy atom. The highest BCUT2D eigenvalue weighted by atomic mass is 16.3. The van der Waals surface area contributed by atoms with Crippen molar-refractivity contribution in [1.29, 1.82) is 0 Å². The van der Waals surface area contributed by atoms with Gasteiger partial charge >= 0.3 is 0 Å². The van der Waals surface area contributed by atoms with E-state index in [4.69, 9.17) is 9.40 Å². The van der Waals surface area contributed by atoms with Gasteiger partial charge in [0, 0.05) is 16.5 Å². The van der Waals surface area contributed by atoms with Gasteiger partial charge in [-0.2, -0.15) is 0 Å². The van der Waals surface area contributed by atoms with Gasteiger partial charge in [-0.15, -0.1) is 0 Å². The van der Waals surface area contributed by atoms with Crippen LogP contribution in [0.4, 0.5) is 0 Å². The highest BCUT2D eigenvalue weighted by Crippen LogP contribution is 2.42. The normalized spacial score (nSPS) is 11.4. The van der Waals surface area contributed by atoms with Gasteiger partial charge in [-0.1, -0.05) is 84.4 Å². The van der Waals surface area contributed by atoms with E-state index in [-0.39, 0.29) is 0 Å². The van der Waals surface area contributed by atoms with Gasteiger partial charge in [-0.05, 0) is 66.9 Å². The lowest BCUT2D eigenvalue weighted by Gasteiger charge is -2.20. The Kier molecular flexibility index (Phi) is 5.22. The van der Waals surface area contributed by atoms with E-state index >= 15 is 0 Å². The molecular formula is C35H26N2O. The van der Waals surface area contributed by atoms with Crippen LogP contribution in [-0.2, 0) is 0 Å². The van der Waals surface area contributed by atoms with Crippen molar-refractivity contribution in [3.05, 3.63) is 133 Å². The number of para-hydroxylation sites is 2. The Morgan fingerprint density at radius 3 is 1.92 bits per heavy atom. The maximum absolute atomic E-state index is 6.04. The molecule has 5 aromatic carbocycles. The summed E-state index contributed by atoms with van der Waals surface area (Å²) in [7, 11) is 0. The highest BCUT2D eigenvalue weighted by molar-refractivity contribution is 5.98. The molecule has 0 saturated carbocycles. The van der Waals surface area contributed by atoms with Crippen LogP contribution in [0.25, 0.3) is 61.3 Å². The van der Waals surface area contributed by atoms with Crippen molar-refractivity contribution in [2.75, 3.05) is 0 Å². The standard InChI is InChI=1S/C35H26N2O/c1-23-17-18-33-29(19-23)30(22-38-33)35-36-31-15-9-10-16-32(31)37(35)34-27(25-11-5-3-6-12-25)20-24(2)21-28(34)26-13-7-4-8-14-26/h3-22H,1-2H3. The number of nitrogens with zero attached hydrogens (tertiary/aromatic N) is 2. The first-order chi connectivity index (χ1) is 18.7. The quantitative estimate of drug-likeness (QED) is 0.246. The topological polar surface area (TPSA) is 31.0 Å². The molecule has 2 aromatic heterocycles. The largest absolute Gasteiger partial charge is 0.464 e. The summed E-state index contributed by atoms with van der Waals surface area (Å²) in [6.45, 7) is 4.28. The molecule has 0 aliphatic carbocycles. The second kappa shape index (κ2) is 8.89. The molecule has 0 unspecified atom stereocenters. The van der Waals surface area contributed by atoms with E-state index in [1.54, 1.807) is 0 Å². The maximum Gasteiger partial charge on any atom is 0.149 e. The molecule has 38 heavy (non-hydrogen) atoms. The summed E-state index contributed by atoms with van der Waals surface area (Å²) in [6.07, 6.45) is 1.85. The van der Waals surface area contributed by atoms with Crippen LogP contribution < -0.4 is 0 Å². The zero-order chi connectivity index (χ0) is 25.6. The van der Waals surface area contributed by atoms with Crippen LogP contribution in [0.2, 0.25) is 0 Å². The molecule has 0 bridgehead atoms. The Bertz CT molecular complexity index is 1870. The number of furan rings is 1. The van der Waals surface area contributed by atoms with E-state index in [0.717, 1.165) is 50.2 Å². The lowest BCUT2D eigenvalue weighted by Crippen LogP contribution is -2.03. The summed E-state index contributed by atoms with van der Waals surface area (Å²) in [5, 5.41) is 1.07. The maximum atomic E-state index is 6.04. The van der Waals surface area contributed by atoms with Gasteiger partial charge in [0.25, 0.3) is 0 Å². The lowest BCUT2D eigenvalue weighted by atomic mass is 9.93. The van der Waals surface area contributed by atoms with Crippen molar-refractivity contribution in [1.82, 2.24) is 9.55 Å². The Balaban J connectivity index is 1.65. The third-order valence-electron chi connectivity index (χ3n) is 7.18. The molecule has 3 nitrogen and oxygen atoms in total. The van der Waals surface area contributed by atoms with Gasteiger partial charge in [0.05, 0.1) is 22.3 Å². The van der Waals surface area contributed by atoms with Gasteiger partial charge in [-0.25, -0.2) is 4.98 Å². The smallest absolute Gasteiger partial charge is 0.149 e. The van der Waals surface area contributed by atoms with E-state index in [0.29, 0.717) is 0 Å². The third kappa shape index (κ3) is 3.63. The molecule has 0 N–H and O–H groups in total. The number of aryl methyl sites for hydroxylation is 2. The zero-order valence-corrected chi connectivity index (χ0v) is 21.3. The molecule has 0 atom stereocenters. The van der Waals surface area contributed by atoms with Crippen LogP contribution in [0.5, 0.6) is 0 Å². The monoisotopic (exact) mass is 490 g/mol. The molecule has 0 radical (unpaired) electrons. The van der Waals surface area contributed by atoms with Crippen molar-refractivity contribution < 1.29 is 4.42 Å². The summed E-state index contributed by atoms with van der Waals surface area (Å²) < 4.78 is 8.37. The SMILES string of the molecule is Cc1cc(-c2ccccc2)c(-n2c(-c3coc4ccc(C)cc34)nc3ccccc32)c(-c2ccccc2)c1. The predicted octanol–water partition coefficient (Wildman–Crippen LogP) is 9.39. The van der Waals surface area contributed by atoms with Crippen LogP contribution in [0, 0.1) is 13.8 Å². The number of hydrogen-bond acceptors (Lipinski definition) is 2. The van der Waals surface area contributed by atoms with E-state index in [9.17, 15) is 0 Å². The number of rotatable bonds is 4. The second-order valence-corrected chi connectivity index (χ2v) is 9.85. The summed E-state index contributed by atoms with van der Waals surface area (Å²) in [5.41, 5.74) is 12.0. The van der Waals surface area contributed by atoms with Crippen LogP contribution in [-0.4, -0.2) is 9.55 Å². The molecule has 0 aliphatic heterocycles. The zero-order valence-electron chi connectivity index (χ0n) is 21.3. The third-order valence-corrected chi connectivity index (χ3v) is 7.18. The second-order valence-electron chi connectivity index (χ2n) is 9.85. The molecule has 0 aliphatic rings. The van der Waals surface area contributed by atoms with E-state index in [1.165, 1.54) is 22.3 Å². The number of aromatic nitrogens is 2. The van der Waals surface area contributed by atoms with Crippen LogP contribution >= 0.6 is 0 Å². The minimum Gasteiger partial charge on any atom is -0.464 e. The molecule has 0 saturated heterocycles. The Hall–Kier alpha value is -4.89. The lowest BCUT2D eigenvalue weighted by molar-refractivity contribution is 0.616. The first kappa shape index (κ1) is 22.3. The highest BCUT2D eigenvalue weighted by Gasteiger charge is 2.23. The molecule has 3 heteroatoms. The van der Waals surface area contributed by atoms with Crippen LogP contribution in [0.1, 0.15) is 11.1 Å². The fourth-order valence-electron chi connectivity index (χ4n) is 5.44. The summed E-state index contributed by atoms with van der Waals surface area (Å²) in [5.74, 6) is 0.869. The van der Waals surface area contributed by atoms with E-state index < -0.39 is 0 Å². The van der Waals surface area contributed by atoms with E-state index in [2.05, 4.69) is 122 Å². The summed E-state index contributed by atoms with van der Waals surface area (Å²) in [6, 6.07) is 40.5. The Labute approximate surface area is 221 Å². The first-order valence-electron chi connectivity index (χ1n) is 12.9. The van der Waals surface area contributed by atoms with Gasteiger partial charge in [-0.3, -0.25) is 4.57 Å². The van der Waals surface area contributed by atoms with Crippen molar-refractivity contribution in [2.24, 2.45) is 0 Å². The van der Waals surface area contributed by atoms with Crippen molar-refractivity contribution >= 4 is 22.0 Å². The van der Waals surface area contributed by atoms with Gasteiger partial charge in [0.2, 0.25) is 0 Å².